The summed E-state index contributed by atoms with van der Waals surface area (Å²) in [4.78, 5) is 39.0. The molecule has 1 aromatic carbocycles. The van der Waals surface area contributed by atoms with Crippen LogP contribution in [0.4, 0.5) is 10.5 Å². The lowest BCUT2D eigenvalue weighted by Gasteiger charge is -2.35. The van der Waals surface area contributed by atoms with Crippen LogP contribution >= 0.6 is 0 Å². The highest BCUT2D eigenvalue weighted by atomic mass is 16.6. The van der Waals surface area contributed by atoms with Gasteiger partial charge in [0.15, 0.2) is 0 Å². The summed E-state index contributed by atoms with van der Waals surface area (Å²) in [5.41, 5.74) is -0.209. The number of aromatic carboxylic acids is 1. The normalized spacial score (nSPS) is 15.4. The minimum absolute atomic E-state index is 0.0515. The van der Waals surface area contributed by atoms with Gasteiger partial charge in [-0.05, 0) is 32.9 Å². The van der Waals surface area contributed by atoms with Crippen LogP contribution in [0, 0.1) is 0 Å². The van der Waals surface area contributed by atoms with Crippen LogP contribution in [-0.2, 0) is 9.53 Å². The van der Waals surface area contributed by atoms with Gasteiger partial charge in [0.1, 0.15) is 5.60 Å². The molecule has 0 radical (unpaired) electrons. The molecule has 142 valence electrons. The fourth-order valence-corrected chi connectivity index (χ4v) is 2.59. The van der Waals surface area contributed by atoms with Gasteiger partial charge in [-0.15, -0.1) is 0 Å². The van der Waals surface area contributed by atoms with Crippen molar-refractivity contribution in [2.75, 3.05) is 38.0 Å². The fraction of sp³-hybridized carbons (Fsp3) is 0.500. The minimum Gasteiger partial charge on any atom is -0.478 e. The van der Waals surface area contributed by atoms with Crippen LogP contribution in [0.2, 0.25) is 0 Å². The average Bonchev–Trinajstić information content (AvgIpc) is 2.54. The van der Waals surface area contributed by atoms with Gasteiger partial charge in [0.25, 0.3) is 0 Å². The number of carbonyl (C=O) groups is 3. The van der Waals surface area contributed by atoms with Crippen molar-refractivity contribution in [2.24, 2.45) is 0 Å². The summed E-state index contributed by atoms with van der Waals surface area (Å²) in [6.45, 7) is 7.65. The molecule has 8 nitrogen and oxygen atoms in total. The fourth-order valence-electron chi connectivity index (χ4n) is 2.59. The molecule has 1 heterocycles. The predicted octanol–water partition coefficient (Wildman–Crippen LogP) is 1.88. The van der Waals surface area contributed by atoms with Crippen LogP contribution in [0.25, 0.3) is 0 Å². The van der Waals surface area contributed by atoms with Crippen LogP contribution in [0.3, 0.4) is 0 Å². The smallest absolute Gasteiger partial charge is 0.410 e. The molecule has 1 aromatic rings. The van der Waals surface area contributed by atoms with Crippen LogP contribution < -0.4 is 5.32 Å². The first-order valence-corrected chi connectivity index (χ1v) is 8.48. The first-order valence-electron chi connectivity index (χ1n) is 8.48. The average molecular weight is 363 g/mol. The molecule has 1 saturated heterocycles. The molecule has 8 heteroatoms. The maximum absolute atomic E-state index is 12.2. The third-order valence-electron chi connectivity index (χ3n) is 3.82. The van der Waals surface area contributed by atoms with Crippen LogP contribution in [0.15, 0.2) is 24.3 Å². The lowest BCUT2D eigenvalue weighted by molar-refractivity contribution is -0.117. The summed E-state index contributed by atoms with van der Waals surface area (Å²) in [7, 11) is 0. The molecular weight excluding hydrogens is 338 g/mol. The Morgan fingerprint density at radius 3 is 2.31 bits per heavy atom. The van der Waals surface area contributed by atoms with E-state index in [1.165, 1.54) is 6.07 Å². The van der Waals surface area contributed by atoms with Crippen LogP contribution in [-0.4, -0.2) is 71.2 Å². The maximum atomic E-state index is 12.2. The largest absolute Gasteiger partial charge is 0.478 e. The number of benzene rings is 1. The zero-order valence-electron chi connectivity index (χ0n) is 15.3. The Hall–Kier alpha value is -2.61. The van der Waals surface area contributed by atoms with Crippen molar-refractivity contribution in [3.05, 3.63) is 29.8 Å². The Balaban J connectivity index is 1.83. The van der Waals surface area contributed by atoms with Crippen molar-refractivity contribution in [2.45, 2.75) is 26.4 Å². The number of nitrogens with zero attached hydrogens (tertiary/aromatic N) is 2. The Bertz CT molecular complexity index is 676. The van der Waals surface area contributed by atoms with Crippen LogP contribution in [0.5, 0.6) is 0 Å². The molecule has 1 aliphatic heterocycles. The zero-order valence-corrected chi connectivity index (χ0v) is 15.3. The number of nitrogens with one attached hydrogen (secondary N) is 1. The minimum atomic E-state index is -1.09. The van der Waals surface area contributed by atoms with Gasteiger partial charge >= 0.3 is 12.1 Å². The molecule has 1 aliphatic rings. The van der Waals surface area contributed by atoms with Crippen molar-refractivity contribution in [1.29, 1.82) is 0 Å². The molecule has 1 fully saturated rings. The van der Waals surface area contributed by atoms with E-state index in [0.29, 0.717) is 26.2 Å². The summed E-state index contributed by atoms with van der Waals surface area (Å²) in [5.74, 6) is -1.38. The number of rotatable bonds is 4. The lowest BCUT2D eigenvalue weighted by Crippen LogP contribution is -2.51. The third kappa shape index (κ3) is 5.73. The SMILES string of the molecule is CC(C)(C)OC(=O)N1CCN(CC(=O)Nc2ccccc2C(=O)O)CC1. The molecule has 0 unspecified atom stereocenters. The number of anilines is 1. The van der Waals surface area contributed by atoms with E-state index in [2.05, 4.69) is 5.32 Å². The van der Waals surface area contributed by atoms with Gasteiger partial charge in [0.2, 0.25) is 5.91 Å². The van der Waals surface area contributed by atoms with E-state index in [-0.39, 0.29) is 29.8 Å². The Morgan fingerprint density at radius 1 is 1.12 bits per heavy atom. The predicted molar refractivity (Wildman–Crippen MR) is 96.3 cm³/mol. The molecule has 2 amide bonds. The molecule has 0 saturated carbocycles. The van der Waals surface area contributed by atoms with Gasteiger partial charge in [-0.1, -0.05) is 12.1 Å². The number of carbonyl (C=O) groups excluding carboxylic acids is 2. The summed E-state index contributed by atoms with van der Waals surface area (Å²) < 4.78 is 5.34. The second-order valence-corrected chi connectivity index (χ2v) is 7.14. The molecule has 0 aromatic heterocycles. The highest BCUT2D eigenvalue weighted by Gasteiger charge is 2.26. The topological polar surface area (TPSA) is 99.2 Å². The zero-order chi connectivity index (χ0) is 19.3. The number of carboxylic acids is 1. The molecule has 2 rings (SSSR count). The number of hydrogen-bond donors (Lipinski definition) is 2. The van der Waals surface area contributed by atoms with E-state index in [4.69, 9.17) is 9.84 Å². The Kier molecular flexibility index (Phi) is 6.20. The van der Waals surface area contributed by atoms with Gasteiger partial charge in [0, 0.05) is 26.2 Å². The first kappa shape index (κ1) is 19.7. The van der Waals surface area contributed by atoms with Crippen molar-refractivity contribution in [3.8, 4) is 0 Å². The molecule has 0 bridgehead atoms. The van der Waals surface area contributed by atoms with E-state index in [0.717, 1.165) is 0 Å². The highest BCUT2D eigenvalue weighted by Crippen LogP contribution is 2.15. The second-order valence-electron chi connectivity index (χ2n) is 7.14. The van der Waals surface area contributed by atoms with Crippen molar-refractivity contribution >= 4 is 23.7 Å². The quantitative estimate of drug-likeness (QED) is 0.847. The number of piperazine rings is 1. The van der Waals surface area contributed by atoms with Crippen LogP contribution in [0.1, 0.15) is 31.1 Å². The standard InChI is InChI=1S/C18H25N3O5/c1-18(2,3)26-17(25)21-10-8-20(9-11-21)12-15(22)19-14-7-5-4-6-13(14)16(23)24/h4-7H,8-12H2,1-3H3,(H,19,22)(H,23,24). The van der Waals surface area contributed by atoms with Crippen molar-refractivity contribution < 1.29 is 24.2 Å². The molecule has 0 aliphatic carbocycles. The second kappa shape index (κ2) is 8.18. The number of para-hydroxylation sites is 1. The Labute approximate surface area is 152 Å². The Morgan fingerprint density at radius 2 is 1.73 bits per heavy atom. The first-order chi connectivity index (χ1) is 12.2. The lowest BCUT2D eigenvalue weighted by atomic mass is 10.2. The summed E-state index contributed by atoms with van der Waals surface area (Å²) in [5, 5.41) is 11.8. The van der Waals surface area contributed by atoms with E-state index < -0.39 is 11.6 Å². The molecule has 26 heavy (non-hydrogen) atoms. The van der Waals surface area contributed by atoms with Gasteiger partial charge in [0.05, 0.1) is 17.8 Å². The van der Waals surface area contributed by atoms with Gasteiger partial charge in [-0.3, -0.25) is 9.69 Å². The number of amides is 2. The van der Waals surface area contributed by atoms with E-state index >= 15 is 0 Å². The van der Waals surface area contributed by atoms with E-state index in [9.17, 15) is 14.4 Å². The summed E-state index contributed by atoms with van der Waals surface area (Å²) in [6, 6.07) is 6.27. The summed E-state index contributed by atoms with van der Waals surface area (Å²) >= 11 is 0. The molecule has 0 spiro atoms. The van der Waals surface area contributed by atoms with Gasteiger partial charge in [-0.25, -0.2) is 9.59 Å². The van der Waals surface area contributed by atoms with Gasteiger partial charge in [-0.2, -0.15) is 0 Å². The number of ether oxygens (including phenoxy) is 1. The van der Waals surface area contributed by atoms with Gasteiger partial charge < -0.3 is 20.1 Å². The monoisotopic (exact) mass is 363 g/mol. The highest BCUT2D eigenvalue weighted by molar-refractivity contribution is 6.01. The van der Waals surface area contributed by atoms with E-state index in [1.54, 1.807) is 23.1 Å². The van der Waals surface area contributed by atoms with Crippen molar-refractivity contribution in [3.63, 3.8) is 0 Å². The molecule has 0 atom stereocenters. The molecular formula is C18H25N3O5. The third-order valence-corrected chi connectivity index (χ3v) is 3.82. The van der Waals surface area contributed by atoms with E-state index in [1.807, 2.05) is 25.7 Å². The summed E-state index contributed by atoms with van der Waals surface area (Å²) in [6.07, 6.45) is -0.350. The maximum Gasteiger partial charge on any atom is 0.410 e. The van der Waals surface area contributed by atoms with Crippen molar-refractivity contribution in [1.82, 2.24) is 9.80 Å². The number of carboxylic acid groups (broad SMARTS) is 1. The number of hydrogen-bond acceptors (Lipinski definition) is 5. The molecule has 2 N–H and O–H groups in total.